The van der Waals surface area contributed by atoms with Gasteiger partial charge in [-0.1, -0.05) is 44.5 Å². The molecule has 8 rings (SSSR count). The van der Waals surface area contributed by atoms with E-state index in [0.717, 1.165) is 37.5 Å². The summed E-state index contributed by atoms with van der Waals surface area (Å²) >= 11 is 21.1. The first-order chi connectivity index (χ1) is 28.2. The van der Waals surface area contributed by atoms with Crippen molar-refractivity contribution in [3.63, 3.8) is 0 Å². The number of fused-ring (bicyclic) bond motifs is 6. The Hall–Kier alpha value is -3.83. The van der Waals surface area contributed by atoms with Crippen molar-refractivity contribution in [2.24, 2.45) is 0 Å². The molecule has 3 aromatic heterocycles. The zero-order chi connectivity index (χ0) is 44.2. The van der Waals surface area contributed by atoms with Gasteiger partial charge in [-0.05, 0) is 109 Å². The maximum absolute atomic E-state index is 12.0. The van der Waals surface area contributed by atoms with E-state index in [4.69, 9.17) is 37.5 Å². The lowest BCUT2D eigenvalue weighted by molar-refractivity contribution is -0.191. The van der Waals surface area contributed by atoms with Gasteiger partial charge in [0.25, 0.3) is 0 Å². The van der Waals surface area contributed by atoms with Gasteiger partial charge in [-0.2, -0.15) is 9.59 Å². The zero-order valence-electron chi connectivity index (χ0n) is 32.4. The van der Waals surface area contributed by atoms with Crippen LogP contribution in [0.4, 0.5) is 0 Å². The number of benzene rings is 3. The van der Waals surface area contributed by atoms with Crippen LogP contribution in [0, 0.1) is 10.5 Å². The van der Waals surface area contributed by atoms with Gasteiger partial charge in [-0.15, -0.1) is 70.5 Å². The standard InChI is InChI=1S/C13H9NO2.C13H13NO2.C11H6INO.C3H8.CH2Cl2.CO2.BBr3/c1-8(15)9-4-2-5-10-12(9)14-7-3-6-11(14)13(10)16;1-10-6-5-7-11(13(15)16-2)12(10)14-8-3-4-9-14;12-8-4-1-3-7-10(8)13-6-2-5-9(13)11(7)14;1-3-2;2*2-1-3;2-1(3)4/h2-7H,1H3;3-9H,1-2H3;1-6H;3H2,1-2H3;1H2;;. The summed E-state index contributed by atoms with van der Waals surface area (Å²) in [6, 6.07) is 27.9. The highest BCUT2D eigenvalue weighted by molar-refractivity contribution is 14.1. The fourth-order valence-corrected chi connectivity index (χ4v) is 6.53. The van der Waals surface area contributed by atoms with Gasteiger partial charge in [-0.3, -0.25) is 14.4 Å². The molecule has 0 aliphatic carbocycles. The molecule has 308 valence electrons. The molecule has 2 aliphatic rings. The van der Waals surface area contributed by atoms with Crippen molar-refractivity contribution in [3.05, 3.63) is 159 Å². The van der Waals surface area contributed by atoms with Crippen LogP contribution in [0.25, 0.3) is 17.1 Å². The van der Waals surface area contributed by atoms with Crippen LogP contribution < -0.4 is 0 Å². The molecule has 0 radical (unpaired) electrons. The highest BCUT2D eigenvalue weighted by Crippen LogP contribution is 2.32. The monoisotopic (exact) mass is 1140 g/mol. The molecule has 59 heavy (non-hydrogen) atoms. The highest BCUT2D eigenvalue weighted by Gasteiger charge is 2.29. The number of carbonyl (C=O) groups excluding carboxylic acids is 6. The number of methoxy groups -OCH3 is 1. The molecule has 10 nitrogen and oxygen atoms in total. The number of ketones is 3. The summed E-state index contributed by atoms with van der Waals surface area (Å²) < 4.78 is 11.8. The highest BCUT2D eigenvalue weighted by atomic mass is 127. The maximum atomic E-state index is 12.0. The fourth-order valence-electron chi connectivity index (χ4n) is 5.77. The lowest BCUT2D eigenvalue weighted by Gasteiger charge is -2.11. The zero-order valence-corrected chi connectivity index (χ0v) is 40.9. The van der Waals surface area contributed by atoms with Crippen LogP contribution in [0.1, 0.15) is 85.6 Å². The second-order valence-electron chi connectivity index (χ2n) is 11.8. The number of carbonyl (C=O) groups is 4. The van der Waals surface area contributed by atoms with Crippen LogP contribution >= 0.6 is 93.1 Å². The van der Waals surface area contributed by atoms with E-state index in [0.29, 0.717) is 22.4 Å². The maximum Gasteiger partial charge on any atom is 0.373 e. The first kappa shape index (κ1) is 51.3. The van der Waals surface area contributed by atoms with E-state index in [1.807, 2.05) is 102 Å². The second kappa shape index (κ2) is 26.4. The summed E-state index contributed by atoms with van der Waals surface area (Å²) in [6.07, 6.45) is 9.07. The Morgan fingerprint density at radius 2 is 1.14 bits per heavy atom. The average molecular weight is 1150 g/mol. The average Bonchev–Trinajstić information content (AvgIpc) is 4.05. The fraction of sp³-hybridized carbons (Fsp3) is 0.167. The van der Waals surface area contributed by atoms with Gasteiger partial charge in [0.2, 0.25) is 11.6 Å². The van der Waals surface area contributed by atoms with Crippen LogP contribution in [0.15, 0.2) is 116 Å². The lowest BCUT2D eigenvalue weighted by atomic mass is 10.0. The van der Waals surface area contributed by atoms with Gasteiger partial charge >= 0.3 is 15.3 Å². The van der Waals surface area contributed by atoms with Crippen molar-refractivity contribution in [1.29, 1.82) is 0 Å². The summed E-state index contributed by atoms with van der Waals surface area (Å²) in [5.74, 6) is -0.217. The number of aryl methyl sites for hydroxylation is 1. The molecule has 0 N–H and O–H groups in total. The first-order valence-corrected chi connectivity index (χ1v) is 22.3. The van der Waals surface area contributed by atoms with Crippen LogP contribution in [0.5, 0.6) is 0 Å². The number of Topliss-reactive ketones (excluding diaryl/α,β-unsaturated/α-hetero) is 1. The SMILES string of the molecule is BrB(Br)Br.CC(=O)c1cccc2c1-n1cccc1C2=O.CCC.COC(=O)c1cccc(C)c1-n1cccc1.ClCCl.O=C1c2cccc(I)c2-n2cccc21.O=C=O. The number of alkyl halides is 2. The molecule has 3 aromatic carbocycles. The number of nitrogens with zero attached hydrogens (tertiary/aromatic N) is 3. The van der Waals surface area contributed by atoms with E-state index in [1.165, 1.54) is 20.5 Å². The van der Waals surface area contributed by atoms with E-state index >= 15 is 0 Å². The molecule has 0 saturated carbocycles. The number of hydrogen-bond donors (Lipinski definition) is 0. The summed E-state index contributed by atoms with van der Waals surface area (Å²) in [7, 11) is 1.39. The second-order valence-corrected chi connectivity index (χ2v) is 20.2. The van der Waals surface area contributed by atoms with Crippen LogP contribution in [0.3, 0.4) is 0 Å². The molecular formula is C42H38BBr3Cl2IN3O7. The normalized spacial score (nSPS) is 10.4. The largest absolute Gasteiger partial charge is 0.465 e. The quantitative estimate of drug-likeness (QED) is 0.0567. The van der Waals surface area contributed by atoms with E-state index in [9.17, 15) is 19.2 Å². The number of halogens is 6. The Labute approximate surface area is 391 Å². The molecule has 0 atom stereocenters. The van der Waals surface area contributed by atoms with E-state index in [1.54, 1.807) is 34.9 Å². The third kappa shape index (κ3) is 13.9. The van der Waals surface area contributed by atoms with Crippen molar-refractivity contribution in [2.75, 3.05) is 12.4 Å². The number of rotatable bonds is 3. The Bertz CT molecular complexity index is 2370. The Kier molecular flexibility index (Phi) is 23.0. The minimum Gasteiger partial charge on any atom is -0.465 e. The van der Waals surface area contributed by atoms with Crippen molar-refractivity contribution < 1.29 is 33.5 Å². The number of para-hydroxylation sites is 3. The van der Waals surface area contributed by atoms with Crippen LogP contribution in [-0.2, 0) is 14.3 Å². The third-order valence-electron chi connectivity index (χ3n) is 7.84. The molecule has 5 heterocycles. The van der Waals surface area contributed by atoms with E-state index in [-0.39, 0.29) is 38.0 Å². The van der Waals surface area contributed by atoms with Gasteiger partial charge in [0, 0.05) is 45.0 Å². The number of aromatic nitrogens is 3. The van der Waals surface area contributed by atoms with E-state index < -0.39 is 0 Å². The molecule has 17 heteroatoms. The molecule has 6 aromatic rings. The topological polar surface area (TPSA) is 126 Å². The van der Waals surface area contributed by atoms with Gasteiger partial charge < -0.3 is 18.4 Å². The summed E-state index contributed by atoms with van der Waals surface area (Å²) in [6.45, 7) is 7.74. The molecule has 0 spiro atoms. The molecule has 0 amide bonds. The number of esters is 1. The molecule has 0 fully saturated rings. The minimum absolute atomic E-state index is 0.0110. The first-order valence-electron chi connectivity index (χ1n) is 17.4. The number of ether oxygens (including phenoxy) is 1. The van der Waals surface area contributed by atoms with Crippen molar-refractivity contribution >= 4 is 126 Å². The Morgan fingerprint density at radius 3 is 1.61 bits per heavy atom. The van der Waals surface area contributed by atoms with Crippen LogP contribution in [-0.4, -0.2) is 58.8 Å². The van der Waals surface area contributed by atoms with Crippen molar-refractivity contribution in [3.8, 4) is 17.1 Å². The van der Waals surface area contributed by atoms with Gasteiger partial charge in [0.1, 0.15) is 0 Å². The van der Waals surface area contributed by atoms with Crippen molar-refractivity contribution in [2.45, 2.75) is 34.1 Å². The smallest absolute Gasteiger partial charge is 0.373 e. The van der Waals surface area contributed by atoms with Gasteiger partial charge in [-0.25, -0.2) is 4.79 Å². The Morgan fingerprint density at radius 1 is 0.712 bits per heavy atom. The summed E-state index contributed by atoms with van der Waals surface area (Å²) in [4.78, 5) is 63.3. The Balaban J connectivity index is 0.000000266. The predicted octanol–water partition coefficient (Wildman–Crippen LogP) is 11.8. The van der Waals surface area contributed by atoms with Gasteiger partial charge in [0.15, 0.2) is 5.78 Å². The predicted molar refractivity (Wildman–Crippen MR) is 253 cm³/mol. The summed E-state index contributed by atoms with van der Waals surface area (Å²) in [5.41, 5.74) is 7.67. The molecular weight excluding hydrogens is 1110 g/mol. The minimum atomic E-state index is -0.313. The van der Waals surface area contributed by atoms with E-state index in [2.05, 4.69) is 83.7 Å². The third-order valence-corrected chi connectivity index (χ3v) is 8.71. The van der Waals surface area contributed by atoms with Crippen LogP contribution in [0.2, 0.25) is 0 Å². The molecule has 0 saturated heterocycles. The summed E-state index contributed by atoms with van der Waals surface area (Å²) in [5, 5.41) is 0.194. The molecule has 2 aliphatic heterocycles. The van der Waals surface area contributed by atoms with Crippen molar-refractivity contribution in [1.82, 2.24) is 13.7 Å². The van der Waals surface area contributed by atoms with Gasteiger partial charge in [0.05, 0.1) is 46.5 Å². The number of hydrogen-bond acceptors (Lipinski definition) is 7. The lowest BCUT2D eigenvalue weighted by Crippen LogP contribution is -2.08. The molecule has 0 unspecified atom stereocenters. The molecule has 0 bridgehead atoms.